The van der Waals surface area contributed by atoms with E-state index in [0.29, 0.717) is 0 Å². The minimum Gasteiger partial charge on any atom is -0.369 e. The molecule has 2 saturated heterocycles. The zero-order valence-corrected chi connectivity index (χ0v) is 20.5. The number of aryl methyl sites for hydroxylation is 1. The lowest BCUT2D eigenvalue weighted by molar-refractivity contribution is -0.118. The number of pyridine rings is 1. The summed E-state index contributed by atoms with van der Waals surface area (Å²) in [7, 11) is 0. The van der Waals surface area contributed by atoms with Crippen LogP contribution in [0.3, 0.4) is 0 Å². The van der Waals surface area contributed by atoms with Crippen molar-refractivity contribution in [3.63, 3.8) is 0 Å². The molecule has 6 rings (SSSR count). The summed E-state index contributed by atoms with van der Waals surface area (Å²) >= 11 is 1.76. The van der Waals surface area contributed by atoms with Crippen LogP contribution in [-0.4, -0.2) is 54.6 Å². The predicted octanol–water partition coefficient (Wildman–Crippen LogP) is 4.75. The average molecular weight is 474 g/mol. The molecular weight excluding hydrogens is 442 g/mol. The molecule has 3 aromatic rings. The van der Waals surface area contributed by atoms with E-state index < -0.39 is 0 Å². The molecule has 0 aliphatic carbocycles. The Morgan fingerprint density at radius 1 is 1.06 bits per heavy atom. The number of aromatic nitrogens is 1. The number of benzene rings is 1. The second kappa shape index (κ2) is 9.04. The fourth-order valence-corrected chi connectivity index (χ4v) is 6.37. The molecule has 34 heavy (non-hydrogen) atoms. The Balaban J connectivity index is 1.08. The zero-order chi connectivity index (χ0) is 23.1. The van der Waals surface area contributed by atoms with Gasteiger partial charge in [-0.2, -0.15) is 11.3 Å². The van der Waals surface area contributed by atoms with Crippen molar-refractivity contribution in [3.05, 3.63) is 58.4 Å². The Morgan fingerprint density at radius 2 is 1.88 bits per heavy atom. The molecule has 0 radical (unpaired) electrons. The molecule has 6 nitrogen and oxygen atoms in total. The van der Waals surface area contributed by atoms with E-state index in [1.165, 1.54) is 27.9 Å². The van der Waals surface area contributed by atoms with Gasteiger partial charge in [0.1, 0.15) is 6.04 Å². The van der Waals surface area contributed by atoms with E-state index in [1.54, 1.807) is 11.3 Å². The van der Waals surface area contributed by atoms with Gasteiger partial charge >= 0.3 is 0 Å². The van der Waals surface area contributed by atoms with Gasteiger partial charge < -0.3 is 15.1 Å². The number of carbonyl (C=O) groups excluding carboxylic acids is 1. The summed E-state index contributed by atoms with van der Waals surface area (Å²) in [6.07, 6.45) is 5.18. The molecule has 2 aromatic heterocycles. The van der Waals surface area contributed by atoms with E-state index in [4.69, 9.17) is 4.98 Å². The lowest BCUT2D eigenvalue weighted by Crippen LogP contribution is -2.51. The van der Waals surface area contributed by atoms with E-state index in [0.717, 1.165) is 70.0 Å². The number of fused-ring (bicyclic) bond motifs is 3. The first-order chi connectivity index (χ1) is 16.7. The van der Waals surface area contributed by atoms with E-state index in [-0.39, 0.29) is 11.9 Å². The van der Waals surface area contributed by atoms with Crippen LogP contribution >= 0.6 is 11.3 Å². The first-order valence-corrected chi connectivity index (χ1v) is 13.3. The number of piperidine rings is 1. The van der Waals surface area contributed by atoms with E-state index >= 15 is 0 Å². The maximum Gasteiger partial charge on any atom is 0.247 e. The van der Waals surface area contributed by atoms with Crippen LogP contribution in [-0.2, 0) is 11.3 Å². The zero-order valence-electron chi connectivity index (χ0n) is 19.7. The van der Waals surface area contributed by atoms with Crippen LogP contribution in [0.2, 0.25) is 0 Å². The summed E-state index contributed by atoms with van der Waals surface area (Å²) in [5, 5.41) is 7.55. The number of amides is 1. The van der Waals surface area contributed by atoms with Crippen molar-refractivity contribution in [2.75, 3.05) is 47.8 Å². The van der Waals surface area contributed by atoms with Gasteiger partial charge in [0, 0.05) is 51.2 Å². The normalized spacial score (nSPS) is 20.6. The highest BCUT2D eigenvalue weighted by Crippen LogP contribution is 2.35. The largest absolute Gasteiger partial charge is 0.369 e. The molecule has 1 unspecified atom stereocenters. The number of hydrogen-bond donors (Lipinski definition) is 1. The van der Waals surface area contributed by atoms with Crippen LogP contribution in [0.4, 0.5) is 17.2 Å². The molecule has 0 spiro atoms. The lowest BCUT2D eigenvalue weighted by Gasteiger charge is -2.40. The number of rotatable bonds is 4. The molecule has 1 atom stereocenters. The van der Waals surface area contributed by atoms with E-state index in [1.807, 2.05) is 6.20 Å². The summed E-state index contributed by atoms with van der Waals surface area (Å²) in [5.41, 5.74) is 7.32. The van der Waals surface area contributed by atoms with Gasteiger partial charge in [0.25, 0.3) is 0 Å². The average Bonchev–Trinajstić information content (AvgIpc) is 3.30. The summed E-state index contributed by atoms with van der Waals surface area (Å²) < 4.78 is 0. The number of nitrogens with one attached hydrogen (secondary N) is 1. The molecule has 3 aliphatic heterocycles. The monoisotopic (exact) mass is 473 g/mol. The van der Waals surface area contributed by atoms with Crippen molar-refractivity contribution in [1.82, 2.24) is 9.88 Å². The van der Waals surface area contributed by atoms with Crippen LogP contribution in [0, 0.1) is 6.92 Å². The standard InChI is InChI=1S/C27H31N5OS/c1-19-17-34-18-23(19)21-5-7-22(8-6-21)31-12-10-30(11-13-31)16-20-14-24-26(28-15-20)32-9-3-2-4-25(32)27(33)29-24/h5-8,14-15,17-18,25H,2-4,9-13,16H2,1H3,(H,29,33). The molecule has 5 heterocycles. The van der Waals surface area contributed by atoms with Crippen LogP contribution in [0.1, 0.15) is 30.4 Å². The van der Waals surface area contributed by atoms with Gasteiger partial charge in [-0.1, -0.05) is 12.1 Å². The molecule has 7 heteroatoms. The Kier molecular flexibility index (Phi) is 5.75. The second-order valence-corrected chi connectivity index (χ2v) is 10.4. The number of anilines is 3. The minimum absolute atomic E-state index is 0.0454. The molecule has 3 aliphatic rings. The van der Waals surface area contributed by atoms with Gasteiger partial charge in [0.05, 0.1) is 5.69 Å². The first-order valence-electron chi connectivity index (χ1n) is 12.3. The molecular formula is C27H31N5OS. The van der Waals surface area contributed by atoms with Crippen LogP contribution in [0.25, 0.3) is 11.1 Å². The Morgan fingerprint density at radius 3 is 2.65 bits per heavy atom. The van der Waals surface area contributed by atoms with Crippen LogP contribution in [0.15, 0.2) is 47.3 Å². The predicted molar refractivity (Wildman–Crippen MR) is 140 cm³/mol. The number of nitrogens with zero attached hydrogens (tertiary/aromatic N) is 4. The van der Waals surface area contributed by atoms with Gasteiger partial charge in [-0.3, -0.25) is 9.69 Å². The molecule has 0 saturated carbocycles. The maximum absolute atomic E-state index is 12.6. The second-order valence-electron chi connectivity index (χ2n) is 9.69. The minimum atomic E-state index is -0.0454. The highest BCUT2D eigenvalue weighted by atomic mass is 32.1. The van der Waals surface area contributed by atoms with Crippen molar-refractivity contribution in [2.24, 2.45) is 0 Å². The SMILES string of the molecule is Cc1cscc1-c1ccc(N2CCN(Cc3cnc4c(c3)NC(=O)C3CCCCN43)CC2)cc1. The lowest BCUT2D eigenvalue weighted by atomic mass is 9.99. The summed E-state index contributed by atoms with van der Waals surface area (Å²) in [5.74, 6) is 1.07. The van der Waals surface area contributed by atoms with Crippen molar-refractivity contribution in [3.8, 4) is 11.1 Å². The van der Waals surface area contributed by atoms with Gasteiger partial charge in [-0.15, -0.1) is 0 Å². The Hall–Kier alpha value is -2.90. The van der Waals surface area contributed by atoms with Gasteiger partial charge in [0.2, 0.25) is 5.91 Å². The fourth-order valence-electron chi connectivity index (χ4n) is 5.51. The molecule has 0 bridgehead atoms. The number of carbonyl (C=O) groups is 1. The van der Waals surface area contributed by atoms with Gasteiger partial charge in [-0.05, 0) is 77.4 Å². The molecule has 1 N–H and O–H groups in total. The van der Waals surface area contributed by atoms with Crippen molar-refractivity contribution < 1.29 is 4.79 Å². The molecule has 176 valence electrons. The number of thiophene rings is 1. The Bertz CT molecular complexity index is 1180. The number of piperazine rings is 1. The molecule has 1 amide bonds. The first kappa shape index (κ1) is 21.6. The highest BCUT2D eigenvalue weighted by molar-refractivity contribution is 7.08. The third kappa shape index (κ3) is 4.07. The number of hydrogen-bond acceptors (Lipinski definition) is 6. The van der Waals surface area contributed by atoms with Crippen LogP contribution < -0.4 is 15.1 Å². The topological polar surface area (TPSA) is 51.7 Å². The molecule has 1 aromatic carbocycles. The van der Waals surface area contributed by atoms with Crippen LogP contribution in [0.5, 0.6) is 0 Å². The Labute approximate surface area is 205 Å². The summed E-state index contributed by atoms with van der Waals surface area (Å²) in [6, 6.07) is 11.1. The smallest absolute Gasteiger partial charge is 0.247 e. The fraction of sp³-hybridized carbons (Fsp3) is 0.407. The van der Waals surface area contributed by atoms with E-state index in [2.05, 4.69) is 68.0 Å². The highest BCUT2D eigenvalue weighted by Gasteiger charge is 2.35. The third-order valence-corrected chi connectivity index (χ3v) is 8.30. The summed E-state index contributed by atoms with van der Waals surface area (Å²) in [6.45, 7) is 8.03. The summed E-state index contributed by atoms with van der Waals surface area (Å²) in [4.78, 5) is 24.5. The van der Waals surface area contributed by atoms with E-state index in [9.17, 15) is 4.79 Å². The third-order valence-electron chi connectivity index (χ3n) is 7.44. The maximum atomic E-state index is 12.6. The van der Waals surface area contributed by atoms with Crippen molar-refractivity contribution in [1.29, 1.82) is 0 Å². The molecule has 2 fully saturated rings. The van der Waals surface area contributed by atoms with Gasteiger partial charge in [-0.25, -0.2) is 4.98 Å². The van der Waals surface area contributed by atoms with Crippen molar-refractivity contribution in [2.45, 2.75) is 38.8 Å². The quantitative estimate of drug-likeness (QED) is 0.593. The van der Waals surface area contributed by atoms with Gasteiger partial charge in [0.15, 0.2) is 5.82 Å². The van der Waals surface area contributed by atoms with Crippen molar-refractivity contribution >= 4 is 34.4 Å².